The van der Waals surface area contributed by atoms with Crippen molar-refractivity contribution in [3.8, 4) is 11.8 Å². The monoisotopic (exact) mass is 554 g/mol. The molecule has 0 aliphatic carbocycles. The van der Waals surface area contributed by atoms with Crippen LogP contribution < -0.4 is 15.4 Å². The van der Waals surface area contributed by atoms with Gasteiger partial charge >= 0.3 is 5.97 Å². The molecule has 1 aliphatic rings. The smallest absolute Gasteiger partial charge is 0.328 e. The van der Waals surface area contributed by atoms with Gasteiger partial charge in [0.1, 0.15) is 23.4 Å². The number of hydrogen-bond donors (Lipinski definition) is 2. The molecule has 11 nitrogen and oxygen atoms in total. The summed E-state index contributed by atoms with van der Waals surface area (Å²) in [4.78, 5) is 63.3. The molecule has 0 fully saturated rings. The predicted molar refractivity (Wildman–Crippen MR) is 145 cm³/mol. The van der Waals surface area contributed by atoms with Gasteiger partial charge in [-0.15, -0.1) is 0 Å². The number of carbonyl (C=O) groups excluding carboxylic acids is 5. The Kier molecular flexibility index (Phi) is 11.4. The van der Waals surface area contributed by atoms with Gasteiger partial charge in [0.15, 0.2) is 5.76 Å². The average molecular weight is 555 g/mol. The molecule has 1 heterocycles. The Morgan fingerprint density at radius 3 is 2.23 bits per heavy atom. The molecule has 0 unspecified atom stereocenters. The molecule has 0 aromatic heterocycles. The minimum Gasteiger partial charge on any atom is -0.458 e. The highest BCUT2D eigenvalue weighted by atomic mass is 16.6. The highest BCUT2D eigenvalue weighted by Crippen LogP contribution is 2.20. The van der Waals surface area contributed by atoms with Crippen molar-refractivity contribution < 1.29 is 33.4 Å². The lowest BCUT2D eigenvalue weighted by Gasteiger charge is -2.26. The van der Waals surface area contributed by atoms with E-state index >= 15 is 0 Å². The van der Waals surface area contributed by atoms with Gasteiger partial charge in [-0.25, -0.2) is 4.79 Å². The number of benzene rings is 1. The Balaban J connectivity index is 1.75. The largest absolute Gasteiger partial charge is 0.458 e. The van der Waals surface area contributed by atoms with Gasteiger partial charge in [0.2, 0.25) is 11.8 Å². The zero-order valence-electron chi connectivity index (χ0n) is 23.9. The van der Waals surface area contributed by atoms with Crippen LogP contribution in [0.1, 0.15) is 72.8 Å². The molecule has 0 saturated heterocycles. The van der Waals surface area contributed by atoms with Crippen LogP contribution in [0.25, 0.3) is 0 Å². The van der Waals surface area contributed by atoms with Crippen LogP contribution in [-0.4, -0.2) is 58.7 Å². The molecule has 4 amide bonds. The van der Waals surface area contributed by atoms with Crippen molar-refractivity contribution in [2.75, 3.05) is 6.54 Å². The molecule has 2 rings (SSSR count). The SMILES string of the molecule is CC(C)[C@H](NC(=O)CCCCCN1C(=O)C=C(Oc2ccc(C#N)cc2)C1=O)C(=O)N[C@@H](C)C(=O)OC(C)(C)C. The first-order chi connectivity index (χ1) is 18.7. The number of carbonyl (C=O) groups is 5. The normalized spacial score (nSPS) is 14.8. The van der Waals surface area contributed by atoms with Gasteiger partial charge in [0.25, 0.3) is 11.8 Å². The van der Waals surface area contributed by atoms with Crippen molar-refractivity contribution in [3.63, 3.8) is 0 Å². The molecular weight excluding hydrogens is 516 g/mol. The summed E-state index contributed by atoms with van der Waals surface area (Å²) in [6, 6.07) is 6.47. The summed E-state index contributed by atoms with van der Waals surface area (Å²) in [5, 5.41) is 14.2. The van der Waals surface area contributed by atoms with Gasteiger partial charge in [-0.2, -0.15) is 5.26 Å². The number of amides is 4. The number of imide groups is 1. The van der Waals surface area contributed by atoms with E-state index in [9.17, 15) is 24.0 Å². The van der Waals surface area contributed by atoms with Crippen molar-refractivity contribution in [1.29, 1.82) is 5.26 Å². The van der Waals surface area contributed by atoms with Crippen molar-refractivity contribution in [3.05, 3.63) is 41.7 Å². The Hall–Kier alpha value is -4.20. The van der Waals surface area contributed by atoms with Crippen LogP contribution in [0.4, 0.5) is 0 Å². The molecule has 216 valence electrons. The summed E-state index contributed by atoms with van der Waals surface area (Å²) in [6.45, 7) is 10.5. The number of nitrogens with one attached hydrogen (secondary N) is 2. The van der Waals surface area contributed by atoms with Crippen molar-refractivity contribution in [2.45, 2.75) is 84.9 Å². The predicted octanol–water partition coefficient (Wildman–Crippen LogP) is 2.74. The topological polar surface area (TPSA) is 155 Å². The summed E-state index contributed by atoms with van der Waals surface area (Å²) in [5.74, 6) is -2.33. The second-order valence-corrected chi connectivity index (χ2v) is 10.9. The molecule has 0 bridgehead atoms. The number of esters is 1. The maximum Gasteiger partial charge on any atom is 0.328 e. The van der Waals surface area contributed by atoms with Crippen molar-refractivity contribution in [1.82, 2.24) is 15.5 Å². The van der Waals surface area contributed by atoms with Gasteiger partial charge in [-0.3, -0.25) is 24.1 Å². The molecular formula is C29H38N4O7. The van der Waals surface area contributed by atoms with E-state index in [1.54, 1.807) is 58.9 Å². The van der Waals surface area contributed by atoms with Gasteiger partial charge in [-0.1, -0.05) is 20.3 Å². The molecule has 0 radical (unpaired) electrons. The summed E-state index contributed by atoms with van der Waals surface area (Å²) in [6.07, 6.45) is 2.85. The van der Waals surface area contributed by atoms with Crippen LogP contribution in [0.5, 0.6) is 5.75 Å². The van der Waals surface area contributed by atoms with Gasteiger partial charge in [-0.05, 0) is 70.7 Å². The van der Waals surface area contributed by atoms with E-state index in [-0.39, 0.29) is 30.5 Å². The van der Waals surface area contributed by atoms with Crippen LogP contribution in [-0.2, 0) is 28.7 Å². The van der Waals surface area contributed by atoms with Gasteiger partial charge < -0.3 is 20.1 Å². The number of unbranched alkanes of at least 4 members (excludes halogenated alkanes) is 2. The number of rotatable bonds is 13. The standard InChI is InChI=1S/C29H38N4O7/c1-18(2)25(26(36)31-19(3)28(38)40-29(4,5)6)32-23(34)10-8-7-9-15-33-24(35)16-22(27(33)37)39-21-13-11-20(17-30)12-14-21/h11-14,16,18-19,25H,7-10,15H2,1-6H3,(H,31,36)(H,32,34)/t19-,25-/m0/s1. The fourth-order valence-corrected chi connectivity index (χ4v) is 3.76. The minimum absolute atomic E-state index is 0.0897. The van der Waals surface area contributed by atoms with Crippen LogP contribution in [0.3, 0.4) is 0 Å². The lowest BCUT2D eigenvalue weighted by molar-refractivity contribution is -0.158. The third kappa shape index (κ3) is 9.84. The first-order valence-electron chi connectivity index (χ1n) is 13.3. The fourth-order valence-electron chi connectivity index (χ4n) is 3.76. The fraction of sp³-hybridized carbons (Fsp3) is 0.517. The second kappa shape index (κ2) is 14.3. The zero-order valence-corrected chi connectivity index (χ0v) is 23.9. The Morgan fingerprint density at radius 2 is 1.65 bits per heavy atom. The third-order valence-corrected chi connectivity index (χ3v) is 5.86. The van der Waals surface area contributed by atoms with Crippen LogP contribution in [0.2, 0.25) is 0 Å². The van der Waals surface area contributed by atoms with Crippen LogP contribution in [0.15, 0.2) is 36.1 Å². The highest BCUT2D eigenvalue weighted by Gasteiger charge is 2.33. The van der Waals surface area contributed by atoms with Crippen LogP contribution >= 0.6 is 0 Å². The first-order valence-corrected chi connectivity index (χ1v) is 13.3. The summed E-state index contributed by atoms with van der Waals surface area (Å²) in [7, 11) is 0. The molecule has 1 aliphatic heterocycles. The zero-order chi connectivity index (χ0) is 30.0. The van der Waals surface area contributed by atoms with E-state index < -0.39 is 41.4 Å². The van der Waals surface area contributed by atoms with E-state index in [1.807, 2.05) is 6.07 Å². The molecule has 0 spiro atoms. The van der Waals surface area contributed by atoms with Gasteiger partial charge in [0.05, 0.1) is 17.7 Å². The molecule has 11 heteroatoms. The number of nitriles is 1. The Bertz CT molecular complexity index is 1180. The van der Waals surface area contributed by atoms with Crippen molar-refractivity contribution >= 4 is 29.6 Å². The van der Waals surface area contributed by atoms with Crippen molar-refractivity contribution in [2.24, 2.45) is 5.92 Å². The van der Waals surface area contributed by atoms with E-state index in [4.69, 9.17) is 14.7 Å². The molecule has 0 saturated carbocycles. The quantitative estimate of drug-likeness (QED) is 0.214. The molecule has 40 heavy (non-hydrogen) atoms. The molecule has 1 aromatic carbocycles. The lowest BCUT2D eigenvalue weighted by Crippen LogP contribution is -2.53. The summed E-state index contributed by atoms with van der Waals surface area (Å²) in [5.41, 5.74) is -0.239. The Morgan fingerprint density at radius 1 is 1.00 bits per heavy atom. The average Bonchev–Trinajstić information content (AvgIpc) is 3.13. The minimum atomic E-state index is -0.870. The maximum absolute atomic E-state index is 12.7. The number of hydrogen-bond acceptors (Lipinski definition) is 8. The Labute approximate surface area is 234 Å². The second-order valence-electron chi connectivity index (χ2n) is 10.9. The maximum atomic E-state index is 12.7. The number of ether oxygens (including phenoxy) is 2. The lowest BCUT2D eigenvalue weighted by atomic mass is 10.0. The van der Waals surface area contributed by atoms with Gasteiger partial charge in [0, 0.05) is 13.0 Å². The van der Waals surface area contributed by atoms with E-state index in [2.05, 4.69) is 10.6 Å². The van der Waals surface area contributed by atoms with E-state index in [1.165, 1.54) is 6.92 Å². The molecule has 1 aromatic rings. The van der Waals surface area contributed by atoms with E-state index in [0.717, 1.165) is 11.0 Å². The summed E-state index contributed by atoms with van der Waals surface area (Å²) < 4.78 is 10.8. The third-order valence-electron chi connectivity index (χ3n) is 5.86. The molecule has 2 atom stereocenters. The number of nitrogens with zero attached hydrogens (tertiary/aromatic N) is 2. The van der Waals surface area contributed by atoms with Crippen LogP contribution in [0, 0.1) is 17.2 Å². The molecule has 2 N–H and O–H groups in total. The first kappa shape index (κ1) is 32.0. The van der Waals surface area contributed by atoms with E-state index in [0.29, 0.717) is 30.6 Å². The highest BCUT2D eigenvalue weighted by molar-refractivity contribution is 6.15. The summed E-state index contributed by atoms with van der Waals surface area (Å²) >= 11 is 0.